The van der Waals surface area contributed by atoms with Crippen LogP contribution in [-0.4, -0.2) is 41.9 Å². The third kappa shape index (κ3) is 3.70. The van der Waals surface area contributed by atoms with E-state index in [1.807, 2.05) is 13.8 Å². The Hall–Kier alpha value is -2.37. The monoisotopic (exact) mass is 318 g/mol. The molecule has 2 amide bonds. The third-order valence-electron chi connectivity index (χ3n) is 4.20. The molecule has 1 aliphatic heterocycles. The molecule has 1 N–H and O–H groups in total. The second-order valence-corrected chi connectivity index (χ2v) is 5.83. The smallest absolute Gasteiger partial charge is 0.339 e. The van der Waals surface area contributed by atoms with Crippen LogP contribution >= 0.6 is 0 Å². The number of ether oxygens (including phenoxy) is 1. The van der Waals surface area contributed by atoms with Crippen molar-refractivity contribution >= 4 is 23.5 Å². The molecule has 6 nitrogen and oxygen atoms in total. The van der Waals surface area contributed by atoms with Gasteiger partial charge < -0.3 is 15.0 Å². The minimum absolute atomic E-state index is 0.0350. The summed E-state index contributed by atoms with van der Waals surface area (Å²) in [5, 5.41) is 2.53. The second kappa shape index (κ2) is 7.26. The average Bonchev–Trinajstić information content (AvgIpc) is 2.54. The maximum atomic E-state index is 12.5. The summed E-state index contributed by atoms with van der Waals surface area (Å²) < 4.78 is 4.68. The number of esters is 1. The van der Waals surface area contributed by atoms with Crippen LogP contribution in [0.1, 0.15) is 43.5 Å². The molecular weight excluding hydrogens is 296 g/mol. The Kier molecular flexibility index (Phi) is 5.36. The van der Waals surface area contributed by atoms with Crippen LogP contribution in [0.3, 0.4) is 0 Å². The van der Waals surface area contributed by atoms with E-state index in [0.717, 1.165) is 19.3 Å². The average molecular weight is 318 g/mol. The Morgan fingerprint density at radius 1 is 1.13 bits per heavy atom. The molecule has 2 unspecified atom stereocenters. The minimum Gasteiger partial charge on any atom is -0.465 e. The predicted molar refractivity (Wildman–Crippen MR) is 86.0 cm³/mol. The molecule has 2 rings (SSSR count). The molecule has 0 saturated carbocycles. The van der Waals surface area contributed by atoms with Gasteiger partial charge in [0.2, 0.25) is 0 Å². The van der Waals surface area contributed by atoms with E-state index in [2.05, 4.69) is 10.1 Å². The van der Waals surface area contributed by atoms with E-state index >= 15 is 0 Å². The van der Waals surface area contributed by atoms with Crippen molar-refractivity contribution in [2.45, 2.75) is 45.2 Å². The molecule has 1 aliphatic rings. The third-order valence-corrected chi connectivity index (χ3v) is 4.20. The lowest BCUT2D eigenvalue weighted by molar-refractivity contribution is -0.147. The fraction of sp³-hybridized carbons (Fsp3) is 0.471. The molecule has 124 valence electrons. The van der Waals surface area contributed by atoms with Gasteiger partial charge in [-0.1, -0.05) is 12.1 Å². The van der Waals surface area contributed by atoms with Gasteiger partial charge in [0.15, 0.2) is 0 Å². The van der Waals surface area contributed by atoms with Crippen molar-refractivity contribution in [1.82, 2.24) is 4.90 Å². The molecule has 1 aromatic rings. The SMILES string of the molecule is COC(=O)c1ccccc1NC(=O)C(=O)N1C(C)CCCC1C. The lowest BCUT2D eigenvalue weighted by Gasteiger charge is -2.38. The lowest BCUT2D eigenvalue weighted by Crippen LogP contribution is -2.51. The molecule has 6 heteroatoms. The fourth-order valence-corrected chi connectivity index (χ4v) is 2.99. The number of hydrogen-bond acceptors (Lipinski definition) is 4. The fourth-order valence-electron chi connectivity index (χ4n) is 2.99. The molecule has 2 atom stereocenters. The van der Waals surface area contributed by atoms with Crippen molar-refractivity contribution < 1.29 is 19.1 Å². The Morgan fingerprint density at radius 3 is 2.35 bits per heavy atom. The number of hydrogen-bond donors (Lipinski definition) is 1. The van der Waals surface area contributed by atoms with Gasteiger partial charge in [-0.25, -0.2) is 4.79 Å². The van der Waals surface area contributed by atoms with Gasteiger partial charge >= 0.3 is 17.8 Å². The first-order valence-corrected chi connectivity index (χ1v) is 7.76. The van der Waals surface area contributed by atoms with Crippen LogP contribution in [0.15, 0.2) is 24.3 Å². The van der Waals surface area contributed by atoms with E-state index < -0.39 is 17.8 Å². The molecule has 0 spiro atoms. The van der Waals surface area contributed by atoms with Gasteiger partial charge in [0.1, 0.15) is 0 Å². The van der Waals surface area contributed by atoms with E-state index in [1.165, 1.54) is 13.2 Å². The summed E-state index contributed by atoms with van der Waals surface area (Å²) in [7, 11) is 1.27. The number of anilines is 1. The van der Waals surface area contributed by atoms with Gasteiger partial charge in [-0.15, -0.1) is 0 Å². The first-order chi connectivity index (χ1) is 11.0. The van der Waals surface area contributed by atoms with Crippen molar-refractivity contribution in [2.75, 3.05) is 12.4 Å². The van der Waals surface area contributed by atoms with Crippen LogP contribution < -0.4 is 5.32 Å². The highest BCUT2D eigenvalue weighted by Gasteiger charge is 2.33. The summed E-state index contributed by atoms with van der Waals surface area (Å²) in [6, 6.07) is 6.52. The highest BCUT2D eigenvalue weighted by molar-refractivity contribution is 6.40. The van der Waals surface area contributed by atoms with E-state index in [1.54, 1.807) is 23.1 Å². The quantitative estimate of drug-likeness (QED) is 0.670. The van der Waals surface area contributed by atoms with E-state index in [0.29, 0.717) is 0 Å². The summed E-state index contributed by atoms with van der Waals surface area (Å²) in [5.74, 6) is -1.86. The minimum atomic E-state index is -0.734. The number of carbonyl (C=O) groups excluding carboxylic acids is 3. The molecule has 0 aromatic heterocycles. The molecule has 0 radical (unpaired) electrons. The molecule has 0 aliphatic carbocycles. The van der Waals surface area contributed by atoms with E-state index in [9.17, 15) is 14.4 Å². The molecule has 0 bridgehead atoms. The van der Waals surface area contributed by atoms with Crippen molar-refractivity contribution in [3.8, 4) is 0 Å². The number of methoxy groups -OCH3 is 1. The first kappa shape index (κ1) is 17.0. The van der Waals surface area contributed by atoms with Gasteiger partial charge in [-0.05, 0) is 45.2 Å². The summed E-state index contributed by atoms with van der Waals surface area (Å²) in [4.78, 5) is 38.1. The molecule has 1 aromatic carbocycles. The Labute approximate surface area is 135 Å². The Morgan fingerprint density at radius 2 is 1.74 bits per heavy atom. The maximum Gasteiger partial charge on any atom is 0.339 e. The summed E-state index contributed by atoms with van der Waals surface area (Å²) in [5.41, 5.74) is 0.492. The highest BCUT2D eigenvalue weighted by atomic mass is 16.5. The maximum absolute atomic E-state index is 12.5. The number of nitrogens with one attached hydrogen (secondary N) is 1. The first-order valence-electron chi connectivity index (χ1n) is 7.76. The van der Waals surface area contributed by atoms with Gasteiger partial charge in [-0.3, -0.25) is 9.59 Å². The van der Waals surface area contributed by atoms with Gasteiger partial charge in [0.25, 0.3) is 0 Å². The number of para-hydroxylation sites is 1. The van der Waals surface area contributed by atoms with Crippen LogP contribution in [0.25, 0.3) is 0 Å². The van der Waals surface area contributed by atoms with E-state index in [-0.39, 0.29) is 23.3 Å². The molecule has 1 heterocycles. The molecular formula is C17H22N2O4. The largest absolute Gasteiger partial charge is 0.465 e. The van der Waals surface area contributed by atoms with Crippen molar-refractivity contribution in [1.29, 1.82) is 0 Å². The van der Waals surface area contributed by atoms with Gasteiger partial charge in [0.05, 0.1) is 18.4 Å². The van der Waals surface area contributed by atoms with Crippen molar-refractivity contribution in [2.24, 2.45) is 0 Å². The van der Waals surface area contributed by atoms with Gasteiger partial charge in [0, 0.05) is 12.1 Å². The Bertz CT molecular complexity index is 604. The van der Waals surface area contributed by atoms with Crippen LogP contribution in [0.5, 0.6) is 0 Å². The lowest BCUT2D eigenvalue weighted by atomic mass is 9.97. The molecule has 23 heavy (non-hydrogen) atoms. The zero-order valence-corrected chi connectivity index (χ0v) is 13.7. The second-order valence-electron chi connectivity index (χ2n) is 5.83. The van der Waals surface area contributed by atoms with Crippen LogP contribution in [-0.2, 0) is 14.3 Å². The van der Waals surface area contributed by atoms with Crippen molar-refractivity contribution in [3.63, 3.8) is 0 Å². The van der Waals surface area contributed by atoms with Gasteiger partial charge in [-0.2, -0.15) is 0 Å². The molecule has 1 saturated heterocycles. The predicted octanol–water partition coefficient (Wildman–Crippen LogP) is 2.20. The van der Waals surface area contributed by atoms with Crippen LogP contribution in [0.2, 0.25) is 0 Å². The zero-order chi connectivity index (χ0) is 17.0. The van der Waals surface area contributed by atoms with Crippen molar-refractivity contribution in [3.05, 3.63) is 29.8 Å². The Balaban J connectivity index is 2.16. The zero-order valence-electron chi connectivity index (χ0n) is 13.7. The molecule has 1 fully saturated rings. The standard InChI is InChI=1S/C17H22N2O4/c1-11-7-6-8-12(2)19(11)16(21)15(20)18-14-10-5-4-9-13(14)17(22)23-3/h4-5,9-12H,6-8H2,1-3H3,(H,18,20). The topological polar surface area (TPSA) is 75.7 Å². The number of piperidine rings is 1. The number of benzene rings is 1. The number of likely N-dealkylation sites (tertiary alicyclic amines) is 1. The number of nitrogens with zero attached hydrogens (tertiary/aromatic N) is 1. The normalized spacial score (nSPS) is 20.7. The number of rotatable bonds is 2. The summed E-state index contributed by atoms with van der Waals surface area (Å²) in [6.45, 7) is 3.90. The van der Waals surface area contributed by atoms with Crippen LogP contribution in [0.4, 0.5) is 5.69 Å². The summed E-state index contributed by atoms with van der Waals surface area (Å²) >= 11 is 0. The highest BCUT2D eigenvalue weighted by Crippen LogP contribution is 2.23. The van der Waals surface area contributed by atoms with Crippen LogP contribution in [0, 0.1) is 0 Å². The summed E-state index contributed by atoms with van der Waals surface area (Å²) in [6.07, 6.45) is 2.84. The number of amides is 2. The number of carbonyl (C=O) groups is 3. The van der Waals surface area contributed by atoms with E-state index in [4.69, 9.17) is 0 Å².